The molecule has 1 heterocycles. The van der Waals surface area contributed by atoms with E-state index in [2.05, 4.69) is 15.5 Å². The quantitative estimate of drug-likeness (QED) is 0.645. The Morgan fingerprint density at radius 1 is 1.71 bits per heavy atom. The maximum atomic E-state index is 11.6. The summed E-state index contributed by atoms with van der Waals surface area (Å²) in [4.78, 5) is 11.6. The van der Waals surface area contributed by atoms with E-state index in [4.69, 9.17) is 5.73 Å². The molecule has 78 valence electrons. The smallest absolute Gasteiger partial charge is 0.272 e. The average Bonchev–Trinajstić information content (AvgIpc) is 2.51. The fourth-order valence-electron chi connectivity index (χ4n) is 0.957. The van der Waals surface area contributed by atoms with Crippen molar-refractivity contribution in [2.24, 2.45) is 5.73 Å². The van der Waals surface area contributed by atoms with Gasteiger partial charge in [0.25, 0.3) is 5.91 Å². The second-order valence-corrected chi connectivity index (χ2v) is 3.98. The predicted molar refractivity (Wildman–Crippen MR) is 53.9 cm³/mol. The molecular weight excluding hydrogens is 180 g/mol. The number of nitrogens with one attached hydrogen (secondary N) is 2. The van der Waals surface area contributed by atoms with Crippen LogP contribution in [0.3, 0.4) is 0 Å². The van der Waals surface area contributed by atoms with Gasteiger partial charge in [-0.2, -0.15) is 5.10 Å². The number of aromatic amines is 1. The molecule has 4 N–H and O–H groups in total. The molecule has 5 nitrogen and oxygen atoms in total. The van der Waals surface area contributed by atoms with Gasteiger partial charge < -0.3 is 11.1 Å². The summed E-state index contributed by atoms with van der Waals surface area (Å²) in [7, 11) is 0. The lowest BCUT2D eigenvalue weighted by atomic mass is 10.1. The maximum absolute atomic E-state index is 11.6. The first-order valence-corrected chi connectivity index (χ1v) is 4.49. The van der Waals surface area contributed by atoms with Crippen LogP contribution in [0.15, 0.2) is 6.07 Å². The summed E-state index contributed by atoms with van der Waals surface area (Å²) in [5, 5.41) is 9.36. The first kappa shape index (κ1) is 10.7. The SMILES string of the molecule is Cc1cc(C(=O)NC(C)(C)CN)n[nH]1. The van der Waals surface area contributed by atoms with Gasteiger partial charge in [0.05, 0.1) is 0 Å². The maximum Gasteiger partial charge on any atom is 0.272 e. The molecule has 1 aromatic rings. The fourth-order valence-corrected chi connectivity index (χ4v) is 0.957. The number of rotatable bonds is 3. The van der Waals surface area contributed by atoms with E-state index in [0.29, 0.717) is 12.2 Å². The van der Waals surface area contributed by atoms with Crippen LogP contribution in [0.4, 0.5) is 0 Å². The van der Waals surface area contributed by atoms with Crippen LogP contribution in [0.5, 0.6) is 0 Å². The van der Waals surface area contributed by atoms with Gasteiger partial charge in [0, 0.05) is 17.8 Å². The summed E-state index contributed by atoms with van der Waals surface area (Å²) in [6.07, 6.45) is 0. The largest absolute Gasteiger partial charge is 0.344 e. The Kier molecular flexibility index (Phi) is 2.90. The van der Waals surface area contributed by atoms with E-state index in [-0.39, 0.29) is 5.91 Å². The summed E-state index contributed by atoms with van der Waals surface area (Å²) >= 11 is 0. The molecule has 1 amide bonds. The number of nitrogens with zero attached hydrogens (tertiary/aromatic N) is 1. The van der Waals surface area contributed by atoms with E-state index < -0.39 is 5.54 Å². The number of nitrogens with two attached hydrogens (primary N) is 1. The average molecular weight is 196 g/mol. The molecule has 0 saturated carbocycles. The van der Waals surface area contributed by atoms with Crippen LogP contribution in [0.1, 0.15) is 30.0 Å². The van der Waals surface area contributed by atoms with Crippen molar-refractivity contribution >= 4 is 5.91 Å². The Bertz CT molecular complexity index is 329. The van der Waals surface area contributed by atoms with Gasteiger partial charge in [0.15, 0.2) is 0 Å². The van der Waals surface area contributed by atoms with Gasteiger partial charge in [0.2, 0.25) is 0 Å². The minimum Gasteiger partial charge on any atom is -0.344 e. The Balaban J connectivity index is 2.68. The van der Waals surface area contributed by atoms with Crippen molar-refractivity contribution in [2.75, 3.05) is 6.54 Å². The van der Waals surface area contributed by atoms with Crippen molar-refractivity contribution in [2.45, 2.75) is 26.3 Å². The van der Waals surface area contributed by atoms with Gasteiger partial charge >= 0.3 is 0 Å². The van der Waals surface area contributed by atoms with E-state index >= 15 is 0 Å². The minimum atomic E-state index is -0.399. The van der Waals surface area contributed by atoms with Crippen molar-refractivity contribution in [3.05, 3.63) is 17.5 Å². The summed E-state index contributed by atoms with van der Waals surface area (Å²) in [6.45, 7) is 5.97. The highest BCUT2D eigenvalue weighted by Gasteiger charge is 2.20. The van der Waals surface area contributed by atoms with Crippen LogP contribution in [-0.2, 0) is 0 Å². The number of hydrogen-bond acceptors (Lipinski definition) is 3. The molecule has 1 rings (SSSR count). The van der Waals surface area contributed by atoms with Crippen LogP contribution in [-0.4, -0.2) is 28.2 Å². The number of hydrogen-bond donors (Lipinski definition) is 3. The van der Waals surface area contributed by atoms with Crippen LogP contribution >= 0.6 is 0 Å². The molecule has 0 spiro atoms. The highest BCUT2D eigenvalue weighted by Crippen LogP contribution is 2.03. The molecule has 0 aromatic carbocycles. The van der Waals surface area contributed by atoms with Crippen molar-refractivity contribution < 1.29 is 4.79 Å². The third kappa shape index (κ3) is 2.56. The number of carbonyl (C=O) groups is 1. The van der Waals surface area contributed by atoms with E-state index in [1.54, 1.807) is 6.07 Å². The number of amides is 1. The van der Waals surface area contributed by atoms with Crippen molar-refractivity contribution in [3.8, 4) is 0 Å². The van der Waals surface area contributed by atoms with Gasteiger partial charge in [-0.05, 0) is 26.8 Å². The number of aryl methyl sites for hydroxylation is 1. The lowest BCUT2D eigenvalue weighted by Crippen LogP contribution is -2.48. The Hall–Kier alpha value is -1.36. The second-order valence-electron chi connectivity index (χ2n) is 3.98. The van der Waals surface area contributed by atoms with Gasteiger partial charge in [-0.15, -0.1) is 0 Å². The molecule has 0 atom stereocenters. The lowest BCUT2D eigenvalue weighted by molar-refractivity contribution is 0.0910. The Morgan fingerprint density at radius 2 is 2.36 bits per heavy atom. The van der Waals surface area contributed by atoms with E-state index in [1.165, 1.54) is 0 Å². The molecule has 0 aliphatic carbocycles. The second kappa shape index (κ2) is 3.79. The van der Waals surface area contributed by atoms with E-state index in [0.717, 1.165) is 5.69 Å². The van der Waals surface area contributed by atoms with E-state index in [9.17, 15) is 4.79 Å². The summed E-state index contributed by atoms with van der Waals surface area (Å²) in [6, 6.07) is 1.70. The highest BCUT2D eigenvalue weighted by molar-refractivity contribution is 5.92. The molecule has 5 heteroatoms. The standard InChI is InChI=1S/C9H16N4O/c1-6-4-7(13-12-6)8(14)11-9(2,3)5-10/h4H,5,10H2,1-3H3,(H,11,14)(H,12,13). The lowest BCUT2D eigenvalue weighted by Gasteiger charge is -2.23. The van der Waals surface area contributed by atoms with Gasteiger partial charge in [0.1, 0.15) is 5.69 Å². The number of aromatic nitrogens is 2. The first-order valence-electron chi connectivity index (χ1n) is 4.49. The van der Waals surface area contributed by atoms with Gasteiger partial charge in [-0.3, -0.25) is 9.89 Å². The molecule has 0 bridgehead atoms. The predicted octanol–water partition coefficient (Wildman–Crippen LogP) is 0.185. The molecule has 0 saturated heterocycles. The van der Waals surface area contributed by atoms with Crippen LogP contribution < -0.4 is 11.1 Å². The van der Waals surface area contributed by atoms with E-state index in [1.807, 2.05) is 20.8 Å². The molecule has 0 radical (unpaired) electrons. The monoisotopic (exact) mass is 196 g/mol. The van der Waals surface area contributed by atoms with Crippen molar-refractivity contribution in [3.63, 3.8) is 0 Å². The molecule has 1 aromatic heterocycles. The van der Waals surface area contributed by atoms with Crippen molar-refractivity contribution in [1.82, 2.24) is 15.5 Å². The zero-order valence-corrected chi connectivity index (χ0v) is 8.72. The van der Waals surface area contributed by atoms with Crippen molar-refractivity contribution in [1.29, 1.82) is 0 Å². The third-order valence-corrected chi connectivity index (χ3v) is 1.90. The first-order chi connectivity index (χ1) is 6.44. The normalized spacial score (nSPS) is 11.4. The molecular formula is C9H16N4O. The minimum absolute atomic E-state index is 0.204. The Morgan fingerprint density at radius 3 is 2.79 bits per heavy atom. The molecule has 14 heavy (non-hydrogen) atoms. The third-order valence-electron chi connectivity index (χ3n) is 1.90. The highest BCUT2D eigenvalue weighted by atomic mass is 16.2. The van der Waals surface area contributed by atoms with Gasteiger partial charge in [-0.25, -0.2) is 0 Å². The molecule has 0 aliphatic heterocycles. The topological polar surface area (TPSA) is 83.8 Å². The number of carbonyl (C=O) groups excluding carboxylic acids is 1. The van der Waals surface area contributed by atoms with Crippen LogP contribution in [0.25, 0.3) is 0 Å². The van der Waals surface area contributed by atoms with Crippen LogP contribution in [0, 0.1) is 6.92 Å². The zero-order valence-electron chi connectivity index (χ0n) is 8.72. The zero-order chi connectivity index (χ0) is 10.8. The summed E-state index contributed by atoms with van der Waals surface area (Å²) in [5.74, 6) is -0.204. The number of H-pyrrole nitrogens is 1. The molecule has 0 aliphatic rings. The van der Waals surface area contributed by atoms with Gasteiger partial charge in [-0.1, -0.05) is 0 Å². The van der Waals surface area contributed by atoms with Crippen LogP contribution in [0.2, 0.25) is 0 Å². The fraction of sp³-hybridized carbons (Fsp3) is 0.556. The summed E-state index contributed by atoms with van der Waals surface area (Å²) < 4.78 is 0. The summed E-state index contributed by atoms with van der Waals surface area (Å²) in [5.41, 5.74) is 6.35. The molecule has 0 fully saturated rings. The Labute approximate surface area is 83.1 Å². The molecule has 0 unspecified atom stereocenters.